The number of sulfonamides is 1. The standard InChI is InChI=1S/C20H33N5O2S/c1-24-12-14-25(15-13-24)28(26,27)19-11-7-6-8-17(19)16-22-20(21)23-18-9-4-2-3-5-10-18/h6-8,11,18H,2-5,9-10,12-16H2,1H3,(H3,21,22,23). The van der Waals surface area contributed by atoms with Crippen molar-refractivity contribution in [3.63, 3.8) is 0 Å². The van der Waals surface area contributed by atoms with Crippen molar-refractivity contribution < 1.29 is 8.42 Å². The number of aliphatic imine (C=N–C) groups is 1. The first-order valence-corrected chi connectivity index (χ1v) is 11.7. The molecule has 3 rings (SSSR count). The average molecular weight is 408 g/mol. The maximum Gasteiger partial charge on any atom is 0.243 e. The van der Waals surface area contributed by atoms with Crippen molar-refractivity contribution in [3.8, 4) is 0 Å². The molecule has 0 atom stereocenters. The van der Waals surface area contributed by atoms with E-state index in [0.29, 0.717) is 35.5 Å². The van der Waals surface area contributed by atoms with Gasteiger partial charge in [0.05, 0.1) is 11.4 Å². The Balaban J connectivity index is 1.69. The molecule has 1 heterocycles. The van der Waals surface area contributed by atoms with Gasteiger partial charge in [-0.3, -0.25) is 0 Å². The van der Waals surface area contributed by atoms with Gasteiger partial charge in [-0.15, -0.1) is 0 Å². The molecule has 7 nitrogen and oxygen atoms in total. The van der Waals surface area contributed by atoms with E-state index in [1.54, 1.807) is 16.4 Å². The second kappa shape index (κ2) is 9.71. The largest absolute Gasteiger partial charge is 0.370 e. The number of likely N-dealkylation sites (N-methyl/N-ethyl adjacent to an activating group) is 1. The average Bonchev–Trinajstić information content (AvgIpc) is 2.95. The van der Waals surface area contributed by atoms with E-state index >= 15 is 0 Å². The highest BCUT2D eigenvalue weighted by atomic mass is 32.2. The van der Waals surface area contributed by atoms with Gasteiger partial charge in [0.1, 0.15) is 0 Å². The molecule has 0 radical (unpaired) electrons. The van der Waals surface area contributed by atoms with E-state index in [9.17, 15) is 8.42 Å². The number of rotatable bonds is 5. The predicted octanol–water partition coefficient (Wildman–Crippen LogP) is 1.75. The van der Waals surface area contributed by atoms with E-state index in [1.807, 2.05) is 19.2 Å². The van der Waals surface area contributed by atoms with Crippen LogP contribution >= 0.6 is 0 Å². The molecule has 0 unspecified atom stereocenters. The van der Waals surface area contributed by atoms with E-state index in [1.165, 1.54) is 25.7 Å². The van der Waals surface area contributed by atoms with Gasteiger partial charge < -0.3 is 16.0 Å². The molecule has 2 fully saturated rings. The van der Waals surface area contributed by atoms with E-state index in [0.717, 1.165) is 25.9 Å². The zero-order chi connectivity index (χ0) is 20.0. The van der Waals surface area contributed by atoms with Crippen molar-refractivity contribution in [2.75, 3.05) is 33.2 Å². The van der Waals surface area contributed by atoms with Crippen LogP contribution in [0.4, 0.5) is 0 Å². The molecule has 0 spiro atoms. The van der Waals surface area contributed by atoms with Gasteiger partial charge in [0.2, 0.25) is 10.0 Å². The van der Waals surface area contributed by atoms with Gasteiger partial charge in [-0.2, -0.15) is 4.31 Å². The summed E-state index contributed by atoms with van der Waals surface area (Å²) < 4.78 is 27.8. The first-order valence-electron chi connectivity index (χ1n) is 10.3. The summed E-state index contributed by atoms with van der Waals surface area (Å²) in [5.41, 5.74) is 6.78. The molecular weight excluding hydrogens is 374 g/mol. The number of nitrogens with two attached hydrogens (primary N) is 1. The summed E-state index contributed by atoms with van der Waals surface area (Å²) in [5.74, 6) is 0.402. The van der Waals surface area contributed by atoms with Crippen molar-refractivity contribution in [3.05, 3.63) is 29.8 Å². The molecule has 28 heavy (non-hydrogen) atoms. The van der Waals surface area contributed by atoms with Crippen LogP contribution in [0.3, 0.4) is 0 Å². The Morgan fingerprint density at radius 1 is 1.11 bits per heavy atom. The van der Waals surface area contributed by atoms with Gasteiger partial charge in [-0.1, -0.05) is 43.9 Å². The van der Waals surface area contributed by atoms with Crippen molar-refractivity contribution in [1.29, 1.82) is 0 Å². The normalized spacial score (nSPS) is 21.4. The zero-order valence-corrected chi connectivity index (χ0v) is 17.6. The van der Waals surface area contributed by atoms with Gasteiger partial charge in [-0.25, -0.2) is 13.4 Å². The highest BCUT2D eigenvalue weighted by molar-refractivity contribution is 7.89. The summed E-state index contributed by atoms with van der Waals surface area (Å²) in [5, 5.41) is 3.32. The number of hydrogen-bond donors (Lipinski definition) is 2. The second-order valence-corrected chi connectivity index (χ2v) is 9.76. The fourth-order valence-electron chi connectivity index (χ4n) is 3.90. The Morgan fingerprint density at radius 3 is 2.43 bits per heavy atom. The molecule has 3 N–H and O–H groups in total. The third kappa shape index (κ3) is 5.46. The minimum Gasteiger partial charge on any atom is -0.370 e. The summed E-state index contributed by atoms with van der Waals surface area (Å²) in [6.45, 7) is 2.79. The van der Waals surface area contributed by atoms with Gasteiger partial charge in [0.25, 0.3) is 0 Å². The van der Waals surface area contributed by atoms with E-state index in [4.69, 9.17) is 5.73 Å². The molecule has 1 saturated carbocycles. The lowest BCUT2D eigenvalue weighted by atomic mass is 10.1. The summed E-state index contributed by atoms with van der Waals surface area (Å²) in [6.07, 6.45) is 7.24. The van der Waals surface area contributed by atoms with E-state index in [-0.39, 0.29) is 6.54 Å². The van der Waals surface area contributed by atoms with Gasteiger partial charge >= 0.3 is 0 Å². The van der Waals surface area contributed by atoms with Crippen LogP contribution in [0.2, 0.25) is 0 Å². The Labute approximate surface area is 169 Å². The predicted molar refractivity (Wildman–Crippen MR) is 113 cm³/mol. The van der Waals surface area contributed by atoms with E-state index in [2.05, 4.69) is 15.2 Å². The molecule has 1 saturated heterocycles. The molecule has 156 valence electrons. The van der Waals surface area contributed by atoms with Crippen molar-refractivity contribution in [1.82, 2.24) is 14.5 Å². The molecule has 1 aromatic rings. The molecule has 8 heteroatoms. The van der Waals surface area contributed by atoms with Crippen LogP contribution in [0.5, 0.6) is 0 Å². The maximum atomic E-state index is 13.1. The van der Waals surface area contributed by atoms with Crippen LogP contribution in [0, 0.1) is 0 Å². The highest BCUT2D eigenvalue weighted by Crippen LogP contribution is 2.22. The summed E-state index contributed by atoms with van der Waals surface area (Å²) >= 11 is 0. The molecule has 1 aromatic carbocycles. The topological polar surface area (TPSA) is 91.0 Å². The van der Waals surface area contributed by atoms with Crippen molar-refractivity contribution >= 4 is 16.0 Å². The van der Waals surface area contributed by atoms with Gasteiger partial charge in [0.15, 0.2) is 5.96 Å². The number of nitrogens with one attached hydrogen (secondary N) is 1. The van der Waals surface area contributed by atoms with Crippen molar-refractivity contribution in [2.24, 2.45) is 10.7 Å². The minimum atomic E-state index is -3.52. The fraction of sp³-hybridized carbons (Fsp3) is 0.650. The first kappa shape index (κ1) is 21.1. The zero-order valence-electron chi connectivity index (χ0n) is 16.8. The lowest BCUT2D eigenvalue weighted by Gasteiger charge is -2.32. The smallest absolute Gasteiger partial charge is 0.243 e. The fourth-order valence-corrected chi connectivity index (χ4v) is 5.54. The Hall–Kier alpha value is -1.64. The highest BCUT2D eigenvalue weighted by Gasteiger charge is 2.29. The third-order valence-electron chi connectivity index (χ3n) is 5.68. The number of nitrogens with zero attached hydrogens (tertiary/aromatic N) is 3. The molecule has 0 aromatic heterocycles. The quantitative estimate of drug-likeness (QED) is 0.441. The number of guanidine groups is 1. The van der Waals surface area contributed by atoms with Gasteiger partial charge in [0, 0.05) is 32.2 Å². The van der Waals surface area contributed by atoms with Crippen LogP contribution in [-0.2, 0) is 16.6 Å². The number of hydrogen-bond acceptors (Lipinski definition) is 4. The monoisotopic (exact) mass is 407 g/mol. The maximum absolute atomic E-state index is 13.1. The summed E-state index contributed by atoms with van der Waals surface area (Å²) in [7, 11) is -1.51. The number of piperazine rings is 1. The van der Waals surface area contributed by atoms with Crippen LogP contribution < -0.4 is 11.1 Å². The summed E-state index contributed by atoms with van der Waals surface area (Å²) in [6, 6.07) is 7.49. The molecule has 2 aliphatic rings. The Kier molecular flexibility index (Phi) is 7.31. The van der Waals surface area contributed by atoms with Crippen molar-refractivity contribution in [2.45, 2.75) is 56.0 Å². The molecule has 1 aliphatic carbocycles. The SMILES string of the molecule is CN1CCN(S(=O)(=O)c2ccccc2CN=C(N)NC2CCCCCC2)CC1. The molecule has 0 bridgehead atoms. The molecule has 1 aliphatic heterocycles. The molecule has 0 amide bonds. The number of benzene rings is 1. The summed E-state index contributed by atoms with van der Waals surface area (Å²) in [4.78, 5) is 6.92. The van der Waals surface area contributed by atoms with Crippen LogP contribution in [0.15, 0.2) is 34.2 Å². The second-order valence-electron chi connectivity index (χ2n) is 7.85. The lowest BCUT2D eigenvalue weighted by Crippen LogP contribution is -2.47. The third-order valence-corrected chi connectivity index (χ3v) is 7.68. The first-order chi connectivity index (χ1) is 13.5. The molecular formula is C20H33N5O2S. The van der Waals surface area contributed by atoms with E-state index < -0.39 is 10.0 Å². The van der Waals surface area contributed by atoms with Crippen LogP contribution in [-0.4, -0.2) is 62.9 Å². The Bertz CT molecular complexity index is 765. The minimum absolute atomic E-state index is 0.259. The van der Waals surface area contributed by atoms with Crippen LogP contribution in [0.1, 0.15) is 44.1 Å². The Morgan fingerprint density at radius 2 is 1.75 bits per heavy atom. The lowest BCUT2D eigenvalue weighted by molar-refractivity contribution is 0.222. The van der Waals surface area contributed by atoms with Gasteiger partial charge in [-0.05, 0) is 31.5 Å². The van der Waals surface area contributed by atoms with Crippen LogP contribution in [0.25, 0.3) is 0 Å².